The molecule has 0 aliphatic carbocycles. The maximum atomic E-state index is 12.9. The Kier molecular flexibility index (Phi) is 4.07. The van der Waals surface area contributed by atoms with E-state index in [1.54, 1.807) is 11.8 Å². The first-order chi connectivity index (χ1) is 13.1. The van der Waals surface area contributed by atoms with E-state index in [0.29, 0.717) is 10.8 Å². The average molecular weight is 366 g/mol. The van der Waals surface area contributed by atoms with E-state index in [4.69, 9.17) is 0 Å². The molecule has 0 radical (unpaired) electrons. The summed E-state index contributed by atoms with van der Waals surface area (Å²) in [5.74, 6) is 0. The minimum absolute atomic E-state index is 0.132. The second kappa shape index (κ2) is 6.43. The Labute approximate surface area is 160 Å². The number of thioether (sulfide) groups is 1. The molecule has 4 rings (SSSR count). The Morgan fingerprint density at radius 3 is 2.19 bits per heavy atom. The minimum atomic E-state index is -0.247. The van der Waals surface area contributed by atoms with Crippen LogP contribution in [0.15, 0.2) is 58.2 Å². The standard InChI is InChI=1S/C23H14N2OS/c1-13-3-8-18-21(15(11-24)12-25)23(26)19-10-9-17(20(13)22(18)19)14-4-6-16(27-2)7-5-14/h3-10H,1-2H3. The van der Waals surface area contributed by atoms with Gasteiger partial charge in [-0.3, -0.25) is 4.79 Å². The summed E-state index contributed by atoms with van der Waals surface area (Å²) in [6.45, 7) is 2.02. The third-order valence-electron chi connectivity index (χ3n) is 4.98. The van der Waals surface area contributed by atoms with Gasteiger partial charge in [-0.05, 0) is 58.8 Å². The van der Waals surface area contributed by atoms with E-state index in [0.717, 1.165) is 27.5 Å². The highest BCUT2D eigenvalue weighted by Crippen LogP contribution is 2.36. The van der Waals surface area contributed by atoms with Crippen molar-refractivity contribution in [3.05, 3.63) is 69.5 Å². The zero-order valence-corrected chi connectivity index (χ0v) is 15.6. The second-order valence-electron chi connectivity index (χ2n) is 6.37. The fourth-order valence-electron chi connectivity index (χ4n) is 3.72. The molecular weight excluding hydrogens is 352 g/mol. The Morgan fingerprint density at radius 2 is 1.56 bits per heavy atom. The van der Waals surface area contributed by atoms with Gasteiger partial charge in [0, 0.05) is 15.7 Å². The van der Waals surface area contributed by atoms with Crippen LogP contribution in [-0.4, -0.2) is 6.26 Å². The molecule has 0 atom stereocenters. The minimum Gasteiger partial charge on any atom is -0.288 e. The van der Waals surface area contributed by atoms with Gasteiger partial charge in [0.25, 0.3) is 0 Å². The molecule has 0 aliphatic rings. The molecule has 128 valence electrons. The Hall–Kier alpha value is -3.34. The lowest BCUT2D eigenvalue weighted by molar-refractivity contribution is 1.46. The zero-order chi connectivity index (χ0) is 19.1. The van der Waals surface area contributed by atoms with E-state index in [1.165, 1.54) is 4.90 Å². The number of nitrogens with zero attached hydrogens (tertiary/aromatic N) is 2. The van der Waals surface area contributed by atoms with Crippen molar-refractivity contribution >= 4 is 38.9 Å². The first-order valence-corrected chi connectivity index (χ1v) is 9.63. The summed E-state index contributed by atoms with van der Waals surface area (Å²) in [7, 11) is 0. The van der Waals surface area contributed by atoms with Crippen molar-refractivity contribution < 1.29 is 0 Å². The van der Waals surface area contributed by atoms with Gasteiger partial charge in [-0.15, -0.1) is 11.8 Å². The third-order valence-corrected chi connectivity index (χ3v) is 5.73. The van der Waals surface area contributed by atoms with Gasteiger partial charge in [-0.1, -0.05) is 30.3 Å². The Balaban J connectivity index is 2.20. The highest BCUT2D eigenvalue weighted by Gasteiger charge is 2.18. The van der Waals surface area contributed by atoms with Crippen molar-refractivity contribution in [1.29, 1.82) is 10.5 Å². The summed E-state index contributed by atoms with van der Waals surface area (Å²) < 4.78 is 0. The predicted octanol–water partition coefficient (Wildman–Crippen LogP) is 4.41. The highest BCUT2D eigenvalue weighted by atomic mass is 32.2. The molecule has 0 aromatic heterocycles. The summed E-state index contributed by atoms with van der Waals surface area (Å²) in [4.78, 5) is 14.1. The number of rotatable bonds is 2. The van der Waals surface area contributed by atoms with E-state index in [1.807, 2.05) is 49.6 Å². The fourth-order valence-corrected chi connectivity index (χ4v) is 4.13. The molecule has 4 aromatic carbocycles. The van der Waals surface area contributed by atoms with Crippen molar-refractivity contribution in [1.82, 2.24) is 0 Å². The van der Waals surface area contributed by atoms with Crippen molar-refractivity contribution in [3.8, 4) is 23.3 Å². The van der Waals surface area contributed by atoms with Gasteiger partial charge in [0.1, 0.15) is 17.7 Å². The molecule has 4 aromatic rings. The van der Waals surface area contributed by atoms with Crippen LogP contribution in [0.25, 0.3) is 38.2 Å². The Morgan fingerprint density at radius 1 is 0.889 bits per heavy atom. The first kappa shape index (κ1) is 17.1. The number of aryl methyl sites for hydroxylation is 1. The molecule has 0 aliphatic heterocycles. The van der Waals surface area contributed by atoms with Crippen LogP contribution in [-0.2, 0) is 0 Å². The predicted molar refractivity (Wildman–Crippen MR) is 111 cm³/mol. The SMILES string of the molecule is CSc1ccc(-c2ccc3c(=O)c(=C(C#N)C#N)c4ccc(C)c2c34)cc1. The number of hydrogen-bond acceptors (Lipinski definition) is 4. The molecule has 0 fully saturated rings. The van der Waals surface area contributed by atoms with Crippen molar-refractivity contribution in [2.75, 3.05) is 6.26 Å². The van der Waals surface area contributed by atoms with Gasteiger partial charge >= 0.3 is 0 Å². The van der Waals surface area contributed by atoms with E-state index < -0.39 is 0 Å². The zero-order valence-electron chi connectivity index (χ0n) is 14.8. The van der Waals surface area contributed by atoms with Gasteiger partial charge in [0.05, 0.1) is 5.22 Å². The molecule has 27 heavy (non-hydrogen) atoms. The number of hydrogen-bond donors (Lipinski definition) is 0. The van der Waals surface area contributed by atoms with Crippen molar-refractivity contribution in [2.24, 2.45) is 0 Å². The van der Waals surface area contributed by atoms with E-state index in [-0.39, 0.29) is 16.2 Å². The summed E-state index contributed by atoms with van der Waals surface area (Å²) in [5.41, 5.74) is 2.80. The van der Waals surface area contributed by atoms with Gasteiger partial charge in [-0.25, -0.2) is 0 Å². The molecule has 0 heterocycles. The van der Waals surface area contributed by atoms with Crippen LogP contribution in [0, 0.1) is 29.6 Å². The van der Waals surface area contributed by atoms with Gasteiger partial charge in [0.15, 0.2) is 5.43 Å². The highest BCUT2D eigenvalue weighted by molar-refractivity contribution is 7.98. The van der Waals surface area contributed by atoms with Crippen LogP contribution < -0.4 is 10.6 Å². The second-order valence-corrected chi connectivity index (χ2v) is 7.25. The van der Waals surface area contributed by atoms with Crippen molar-refractivity contribution in [2.45, 2.75) is 11.8 Å². The van der Waals surface area contributed by atoms with E-state index in [9.17, 15) is 15.3 Å². The first-order valence-electron chi connectivity index (χ1n) is 8.41. The van der Waals surface area contributed by atoms with Crippen LogP contribution in [0.4, 0.5) is 0 Å². The monoisotopic (exact) mass is 366 g/mol. The molecule has 4 heteroatoms. The maximum Gasteiger partial charge on any atom is 0.196 e. The van der Waals surface area contributed by atoms with Gasteiger partial charge < -0.3 is 0 Å². The number of benzene rings is 3. The van der Waals surface area contributed by atoms with Crippen LogP contribution >= 0.6 is 11.8 Å². The lowest BCUT2D eigenvalue weighted by Crippen LogP contribution is -2.21. The van der Waals surface area contributed by atoms with Crippen LogP contribution in [0.3, 0.4) is 0 Å². The lowest BCUT2D eigenvalue weighted by atomic mass is 9.93. The van der Waals surface area contributed by atoms with E-state index >= 15 is 0 Å². The molecule has 3 nitrogen and oxygen atoms in total. The van der Waals surface area contributed by atoms with Crippen LogP contribution in [0.1, 0.15) is 5.56 Å². The van der Waals surface area contributed by atoms with Gasteiger partial charge in [-0.2, -0.15) is 10.5 Å². The van der Waals surface area contributed by atoms with E-state index in [2.05, 4.69) is 24.3 Å². The molecule has 0 bridgehead atoms. The average Bonchev–Trinajstić information content (AvgIpc) is 2.99. The lowest BCUT2D eigenvalue weighted by Gasteiger charge is -2.11. The molecule has 0 unspecified atom stereocenters. The summed E-state index contributed by atoms with van der Waals surface area (Å²) in [6, 6.07) is 19.6. The molecule has 0 spiro atoms. The smallest absolute Gasteiger partial charge is 0.196 e. The molecule has 0 N–H and O–H groups in total. The largest absolute Gasteiger partial charge is 0.288 e. The fraction of sp³-hybridized carbons (Fsp3) is 0.0870. The summed E-state index contributed by atoms with van der Waals surface area (Å²) in [5, 5.41) is 21.9. The van der Waals surface area contributed by atoms with Crippen LogP contribution in [0.5, 0.6) is 0 Å². The normalized spacial score (nSPS) is 10.8. The summed E-state index contributed by atoms with van der Waals surface area (Å²) in [6.07, 6.45) is 2.04. The van der Waals surface area contributed by atoms with Gasteiger partial charge in [0.2, 0.25) is 0 Å². The molecule has 0 amide bonds. The van der Waals surface area contributed by atoms with Crippen molar-refractivity contribution in [3.63, 3.8) is 0 Å². The van der Waals surface area contributed by atoms with Crippen LogP contribution in [0.2, 0.25) is 0 Å². The maximum absolute atomic E-state index is 12.9. The topological polar surface area (TPSA) is 64.7 Å². The molecular formula is C23H14N2OS. The molecule has 0 saturated heterocycles. The summed E-state index contributed by atoms with van der Waals surface area (Å²) >= 11 is 1.69. The Bertz CT molecular complexity index is 1370. The third kappa shape index (κ3) is 2.46. The molecule has 0 saturated carbocycles. The quantitative estimate of drug-likeness (QED) is 0.493. The number of nitriles is 2.